The Morgan fingerprint density at radius 3 is 0.954 bits per heavy atom. The Hall–Kier alpha value is -4.04. The molecule has 0 saturated heterocycles. The molecule has 0 bridgehead atoms. The lowest BCUT2D eigenvalue weighted by atomic mass is 9.70. The van der Waals surface area contributed by atoms with Crippen LogP contribution in [0.5, 0.6) is 0 Å². The summed E-state index contributed by atoms with van der Waals surface area (Å²) in [4.78, 5) is 5.17. The Morgan fingerprint density at radius 2 is 0.615 bits per heavy atom. The molecule has 4 aromatic rings. The van der Waals surface area contributed by atoms with Crippen molar-refractivity contribution < 1.29 is 0 Å². The molecular formula is C63H92N2. The summed E-state index contributed by atoms with van der Waals surface area (Å²) in [6.45, 7) is 18.4. The first-order valence-electron chi connectivity index (χ1n) is 27.4. The van der Waals surface area contributed by atoms with Gasteiger partial charge in [0, 0.05) is 43.0 Å². The fourth-order valence-corrected chi connectivity index (χ4v) is 10.3. The normalized spacial score (nSPS) is 13.0. The summed E-state index contributed by atoms with van der Waals surface area (Å²) in [5.41, 5.74) is 14.0. The summed E-state index contributed by atoms with van der Waals surface area (Å²) in [6.07, 6.45) is 40.7. The molecule has 0 saturated carbocycles. The highest BCUT2D eigenvalue weighted by Gasteiger charge is 2.42. The van der Waals surface area contributed by atoms with Crippen LogP contribution in [0.25, 0.3) is 35.4 Å². The third kappa shape index (κ3) is 16.1. The van der Waals surface area contributed by atoms with Crippen LogP contribution in [0.2, 0.25) is 0 Å². The van der Waals surface area contributed by atoms with E-state index < -0.39 is 0 Å². The van der Waals surface area contributed by atoms with Crippen LogP contribution in [0.3, 0.4) is 0 Å². The second-order valence-electron chi connectivity index (χ2n) is 19.7. The fraction of sp³-hybridized carbons (Fsp3) is 0.556. The average molecular weight is 877 g/mol. The van der Waals surface area contributed by atoms with Gasteiger partial charge >= 0.3 is 0 Å². The molecule has 1 aliphatic carbocycles. The van der Waals surface area contributed by atoms with Gasteiger partial charge in [-0.3, -0.25) is 0 Å². The van der Waals surface area contributed by atoms with Crippen LogP contribution < -0.4 is 9.80 Å². The van der Waals surface area contributed by atoms with Gasteiger partial charge < -0.3 is 9.80 Å². The summed E-state index contributed by atoms with van der Waals surface area (Å²) in [6, 6.07) is 33.6. The van der Waals surface area contributed by atoms with Crippen LogP contribution in [0.1, 0.15) is 229 Å². The van der Waals surface area contributed by atoms with E-state index in [9.17, 15) is 0 Å². The molecule has 0 fully saturated rings. The first kappa shape index (κ1) is 51.9. The van der Waals surface area contributed by atoms with Crippen molar-refractivity contribution in [2.24, 2.45) is 0 Å². The molecule has 0 atom stereocenters. The maximum Gasteiger partial charge on any atom is 0.0366 e. The molecular weight excluding hydrogens is 785 g/mol. The molecule has 0 N–H and O–H groups in total. The third-order valence-corrected chi connectivity index (χ3v) is 14.4. The van der Waals surface area contributed by atoms with E-state index in [0.29, 0.717) is 0 Å². The van der Waals surface area contributed by atoms with Gasteiger partial charge in [-0.25, -0.2) is 0 Å². The van der Waals surface area contributed by atoms with Crippen LogP contribution in [-0.4, -0.2) is 26.2 Å². The molecule has 0 radical (unpaired) electrons. The molecule has 2 heteroatoms. The zero-order valence-corrected chi connectivity index (χ0v) is 42.6. The van der Waals surface area contributed by atoms with E-state index in [2.05, 4.69) is 161 Å². The van der Waals surface area contributed by atoms with Gasteiger partial charge in [-0.15, -0.1) is 0 Å². The molecule has 5 rings (SSSR count). The van der Waals surface area contributed by atoms with Crippen LogP contribution in [-0.2, 0) is 5.41 Å². The highest BCUT2D eigenvalue weighted by Crippen LogP contribution is 2.55. The van der Waals surface area contributed by atoms with Gasteiger partial charge in [-0.05, 0) is 107 Å². The number of nitrogens with zero attached hydrogens (tertiary/aromatic N) is 2. The second-order valence-corrected chi connectivity index (χ2v) is 19.7. The summed E-state index contributed by atoms with van der Waals surface area (Å²) in [5, 5.41) is 0. The summed E-state index contributed by atoms with van der Waals surface area (Å²) in [5.74, 6) is 0. The number of hydrogen-bond donors (Lipinski definition) is 0. The number of benzene rings is 4. The standard InChI is InChI=1S/C63H92N2/c1-7-13-19-21-23-25-27-45-63(46-28-26-24-22-20-14-8-2)61-51-55(31-29-53-33-39-57(40-34-53)64(47-15-9-3)48-16-10-4)37-43-59(61)60-44-38-56(52-62(60)63)32-30-54-35-41-58(42-36-54)65(49-17-11-5)50-18-12-6/h29-44,51-52H,7-28,45-50H2,1-6H3. The van der Waals surface area contributed by atoms with Crippen LogP contribution in [0.4, 0.5) is 11.4 Å². The lowest BCUT2D eigenvalue weighted by Crippen LogP contribution is -2.25. The van der Waals surface area contributed by atoms with Gasteiger partial charge in [-0.2, -0.15) is 0 Å². The lowest BCUT2D eigenvalue weighted by Gasteiger charge is -2.33. The molecule has 0 amide bonds. The minimum atomic E-state index is 0.0371. The number of rotatable bonds is 34. The maximum atomic E-state index is 2.60. The Labute approximate surface area is 400 Å². The van der Waals surface area contributed by atoms with E-state index in [0.717, 1.165) is 26.2 Å². The Bertz CT molecular complexity index is 1790. The van der Waals surface area contributed by atoms with Crippen LogP contribution >= 0.6 is 0 Å². The molecule has 4 aromatic carbocycles. The maximum absolute atomic E-state index is 2.60. The van der Waals surface area contributed by atoms with Crippen molar-refractivity contribution in [2.75, 3.05) is 36.0 Å². The molecule has 2 nitrogen and oxygen atoms in total. The van der Waals surface area contributed by atoms with Gasteiger partial charge in [0.05, 0.1) is 0 Å². The minimum absolute atomic E-state index is 0.0371. The zero-order valence-electron chi connectivity index (χ0n) is 42.6. The van der Waals surface area contributed by atoms with E-state index in [1.54, 1.807) is 11.1 Å². The van der Waals surface area contributed by atoms with Gasteiger partial charge in [0.1, 0.15) is 0 Å². The Morgan fingerprint density at radius 1 is 0.323 bits per heavy atom. The molecule has 0 spiro atoms. The monoisotopic (exact) mass is 877 g/mol. The fourth-order valence-electron chi connectivity index (χ4n) is 10.3. The highest BCUT2D eigenvalue weighted by atomic mass is 15.1. The van der Waals surface area contributed by atoms with Gasteiger partial charge in [-0.1, -0.05) is 242 Å². The zero-order chi connectivity index (χ0) is 46.0. The predicted molar refractivity (Wildman–Crippen MR) is 293 cm³/mol. The topological polar surface area (TPSA) is 6.48 Å². The van der Waals surface area contributed by atoms with Crippen LogP contribution in [0.15, 0.2) is 84.9 Å². The first-order valence-corrected chi connectivity index (χ1v) is 27.4. The summed E-state index contributed by atoms with van der Waals surface area (Å²) in [7, 11) is 0. The smallest absolute Gasteiger partial charge is 0.0366 e. The van der Waals surface area contributed by atoms with Crippen molar-refractivity contribution in [3.63, 3.8) is 0 Å². The van der Waals surface area contributed by atoms with Gasteiger partial charge in [0.15, 0.2) is 0 Å². The highest BCUT2D eigenvalue weighted by molar-refractivity contribution is 5.85. The van der Waals surface area contributed by atoms with E-state index >= 15 is 0 Å². The lowest BCUT2D eigenvalue weighted by molar-refractivity contribution is 0.397. The molecule has 0 aliphatic heterocycles. The van der Waals surface area contributed by atoms with E-state index in [1.807, 2.05) is 0 Å². The number of fused-ring (bicyclic) bond motifs is 3. The Kier molecular flexibility index (Phi) is 23.6. The van der Waals surface area contributed by atoms with E-state index in [-0.39, 0.29) is 5.41 Å². The van der Waals surface area contributed by atoms with Crippen molar-refractivity contribution in [3.8, 4) is 11.1 Å². The largest absolute Gasteiger partial charge is 0.372 e. The first-order chi connectivity index (χ1) is 32.0. The molecule has 0 unspecified atom stereocenters. The second kappa shape index (κ2) is 29.6. The summed E-state index contributed by atoms with van der Waals surface area (Å²) >= 11 is 0. The van der Waals surface area contributed by atoms with Crippen molar-refractivity contribution in [3.05, 3.63) is 118 Å². The quantitative estimate of drug-likeness (QED) is 0.0341. The van der Waals surface area contributed by atoms with E-state index in [1.165, 1.54) is 199 Å². The summed E-state index contributed by atoms with van der Waals surface area (Å²) < 4.78 is 0. The van der Waals surface area contributed by atoms with Gasteiger partial charge in [0.25, 0.3) is 0 Å². The Balaban J connectivity index is 1.45. The molecule has 0 aromatic heterocycles. The van der Waals surface area contributed by atoms with Gasteiger partial charge in [0.2, 0.25) is 0 Å². The number of unbranched alkanes of at least 4 members (excludes halogenated alkanes) is 16. The van der Waals surface area contributed by atoms with E-state index in [4.69, 9.17) is 0 Å². The number of hydrogen-bond acceptors (Lipinski definition) is 2. The molecule has 354 valence electrons. The van der Waals surface area contributed by atoms with Crippen molar-refractivity contribution >= 4 is 35.7 Å². The molecule has 0 heterocycles. The average Bonchev–Trinajstić information content (AvgIpc) is 3.60. The third-order valence-electron chi connectivity index (χ3n) is 14.4. The van der Waals surface area contributed by atoms with Crippen LogP contribution in [0, 0.1) is 0 Å². The molecule has 65 heavy (non-hydrogen) atoms. The molecule has 1 aliphatic rings. The van der Waals surface area contributed by atoms with Crippen molar-refractivity contribution in [1.29, 1.82) is 0 Å². The SMILES string of the molecule is CCCCCCCCCC1(CCCCCCCCC)c2cc(C=Cc3ccc(N(CCCC)CCCC)cc3)ccc2-c2ccc(C=Cc3ccc(N(CCCC)CCCC)cc3)cc21. The number of anilines is 2. The van der Waals surface area contributed by atoms with Crippen molar-refractivity contribution in [1.82, 2.24) is 0 Å². The van der Waals surface area contributed by atoms with Crippen molar-refractivity contribution in [2.45, 2.75) is 201 Å². The predicted octanol–water partition coefficient (Wildman–Crippen LogP) is 19.4. The minimum Gasteiger partial charge on any atom is -0.372 e.